The van der Waals surface area contributed by atoms with Crippen LogP contribution in [0.4, 0.5) is 0 Å². The molecule has 0 bridgehead atoms. The maximum absolute atomic E-state index is 12.3. The minimum atomic E-state index is -3.19. The van der Waals surface area contributed by atoms with E-state index in [0.29, 0.717) is 30.2 Å². The van der Waals surface area contributed by atoms with Gasteiger partial charge in [-0.3, -0.25) is 0 Å². The molecule has 1 aliphatic rings. The first-order chi connectivity index (χ1) is 8.50. The van der Waals surface area contributed by atoms with Gasteiger partial charge in [0.05, 0.1) is 17.6 Å². The lowest BCUT2D eigenvalue weighted by Gasteiger charge is -2.22. The molecule has 1 aromatic carbocycles. The van der Waals surface area contributed by atoms with Gasteiger partial charge in [-0.25, -0.2) is 8.42 Å². The monoisotopic (exact) mass is 288 g/mol. The third-order valence-corrected chi connectivity index (χ3v) is 5.76. The molecule has 1 fully saturated rings. The van der Waals surface area contributed by atoms with Crippen molar-refractivity contribution in [2.45, 2.75) is 30.8 Å². The fourth-order valence-corrected chi connectivity index (χ4v) is 4.38. The van der Waals surface area contributed by atoms with Crippen LogP contribution in [0.5, 0.6) is 0 Å². The normalized spacial score (nSPS) is 20.9. The second-order valence-electron chi connectivity index (χ2n) is 4.68. The van der Waals surface area contributed by atoms with Gasteiger partial charge in [-0.05, 0) is 37.0 Å². The van der Waals surface area contributed by atoms with Crippen LogP contribution in [-0.2, 0) is 20.3 Å². The molecule has 0 aromatic heterocycles. The minimum Gasteiger partial charge on any atom is -0.380 e. The molecule has 18 heavy (non-hydrogen) atoms. The summed E-state index contributed by atoms with van der Waals surface area (Å²) >= 11 is 6.08. The topological polar surface area (TPSA) is 43.4 Å². The van der Waals surface area contributed by atoms with Crippen LogP contribution >= 0.6 is 11.6 Å². The van der Waals surface area contributed by atoms with Gasteiger partial charge in [-0.1, -0.05) is 23.7 Å². The van der Waals surface area contributed by atoms with Gasteiger partial charge in [-0.15, -0.1) is 0 Å². The summed E-state index contributed by atoms with van der Waals surface area (Å²) in [5.41, 5.74) is 1.63. The molecule has 1 aliphatic heterocycles. The summed E-state index contributed by atoms with van der Waals surface area (Å²) in [7, 11) is -3.19. The third kappa shape index (κ3) is 3.05. The van der Waals surface area contributed by atoms with E-state index >= 15 is 0 Å². The average Bonchev–Trinajstić information content (AvgIpc) is 2.35. The molecule has 1 heterocycles. The number of benzene rings is 1. The number of hydrogen-bond acceptors (Lipinski definition) is 3. The molecule has 1 saturated heterocycles. The fraction of sp³-hybridized carbons (Fsp3) is 0.538. The summed E-state index contributed by atoms with van der Waals surface area (Å²) in [6, 6.07) is 5.45. The number of hydrogen-bond donors (Lipinski definition) is 0. The molecule has 1 unspecified atom stereocenters. The predicted molar refractivity (Wildman–Crippen MR) is 72.7 cm³/mol. The maximum atomic E-state index is 12.3. The average molecular weight is 289 g/mol. The number of halogens is 1. The number of sulfone groups is 1. The highest BCUT2D eigenvalue weighted by molar-refractivity contribution is 7.91. The van der Waals surface area contributed by atoms with Gasteiger partial charge in [0.25, 0.3) is 0 Å². The van der Waals surface area contributed by atoms with Crippen molar-refractivity contribution in [3.8, 4) is 0 Å². The summed E-state index contributed by atoms with van der Waals surface area (Å²) in [6.07, 6.45) is 1.50. The largest absolute Gasteiger partial charge is 0.380 e. The molecule has 2 rings (SSSR count). The molecular formula is C13H17ClO3S. The summed E-state index contributed by atoms with van der Waals surface area (Å²) in [6.45, 7) is 2.86. The molecule has 0 saturated carbocycles. The van der Waals surface area contributed by atoms with Crippen LogP contribution in [0.1, 0.15) is 24.0 Å². The lowest BCUT2D eigenvalue weighted by atomic mass is 10.1. The van der Waals surface area contributed by atoms with Gasteiger partial charge in [0.2, 0.25) is 0 Å². The van der Waals surface area contributed by atoms with Gasteiger partial charge in [0, 0.05) is 11.6 Å². The Bertz CT molecular complexity index is 499. The van der Waals surface area contributed by atoms with Gasteiger partial charge in [0.15, 0.2) is 9.84 Å². The zero-order valence-corrected chi connectivity index (χ0v) is 11.9. The van der Waals surface area contributed by atoms with Crippen molar-refractivity contribution in [2.75, 3.05) is 13.2 Å². The SMILES string of the molecule is Cc1cccc(Cl)c1CS(=O)(=O)C1CCCOC1. The first-order valence-corrected chi connectivity index (χ1v) is 8.13. The van der Waals surface area contributed by atoms with Crippen molar-refractivity contribution in [2.24, 2.45) is 0 Å². The van der Waals surface area contributed by atoms with E-state index < -0.39 is 9.84 Å². The number of rotatable bonds is 3. The van der Waals surface area contributed by atoms with Crippen molar-refractivity contribution in [3.05, 3.63) is 34.3 Å². The van der Waals surface area contributed by atoms with E-state index in [1.165, 1.54) is 0 Å². The molecule has 0 amide bonds. The Morgan fingerprint density at radius 1 is 1.44 bits per heavy atom. The van der Waals surface area contributed by atoms with Crippen molar-refractivity contribution in [3.63, 3.8) is 0 Å². The van der Waals surface area contributed by atoms with E-state index in [0.717, 1.165) is 12.0 Å². The van der Waals surface area contributed by atoms with Crippen LogP contribution in [0.25, 0.3) is 0 Å². The molecular weight excluding hydrogens is 272 g/mol. The summed E-state index contributed by atoms with van der Waals surface area (Å²) in [5.74, 6) is 0.00648. The van der Waals surface area contributed by atoms with Crippen LogP contribution in [0.2, 0.25) is 5.02 Å². The molecule has 1 aromatic rings. The van der Waals surface area contributed by atoms with Crippen molar-refractivity contribution >= 4 is 21.4 Å². The molecule has 0 radical (unpaired) electrons. The molecule has 100 valence electrons. The molecule has 0 N–H and O–H groups in total. The third-order valence-electron chi connectivity index (χ3n) is 3.32. The quantitative estimate of drug-likeness (QED) is 0.859. The van der Waals surface area contributed by atoms with Crippen LogP contribution in [0.15, 0.2) is 18.2 Å². The Hall–Kier alpha value is -0.580. The summed E-state index contributed by atoms with van der Waals surface area (Å²) < 4.78 is 29.9. The summed E-state index contributed by atoms with van der Waals surface area (Å²) in [5, 5.41) is 0.136. The Balaban J connectivity index is 2.22. The highest BCUT2D eigenvalue weighted by Gasteiger charge is 2.29. The van der Waals surface area contributed by atoms with Crippen LogP contribution in [0.3, 0.4) is 0 Å². The van der Waals surface area contributed by atoms with Crippen molar-refractivity contribution in [1.82, 2.24) is 0 Å². The van der Waals surface area contributed by atoms with E-state index in [1.807, 2.05) is 19.1 Å². The van der Waals surface area contributed by atoms with Gasteiger partial charge < -0.3 is 4.74 Å². The number of aryl methyl sites for hydroxylation is 1. The standard InChI is InChI=1S/C13H17ClO3S/c1-10-4-2-6-13(14)12(10)9-18(15,16)11-5-3-7-17-8-11/h2,4,6,11H,3,5,7-9H2,1H3. The van der Waals surface area contributed by atoms with Crippen molar-refractivity contribution < 1.29 is 13.2 Å². The highest BCUT2D eigenvalue weighted by atomic mass is 35.5. The Labute approximate surface area is 113 Å². The second kappa shape index (κ2) is 5.59. The zero-order valence-electron chi connectivity index (χ0n) is 10.4. The van der Waals surface area contributed by atoms with Crippen LogP contribution < -0.4 is 0 Å². The van der Waals surface area contributed by atoms with E-state index in [-0.39, 0.29) is 11.0 Å². The fourth-order valence-electron chi connectivity index (χ4n) is 2.16. The Morgan fingerprint density at radius 2 is 2.22 bits per heavy atom. The van der Waals surface area contributed by atoms with Gasteiger partial charge >= 0.3 is 0 Å². The zero-order chi connectivity index (χ0) is 13.2. The molecule has 3 nitrogen and oxygen atoms in total. The minimum absolute atomic E-state index is 0.00648. The van der Waals surface area contributed by atoms with E-state index in [2.05, 4.69) is 0 Å². The van der Waals surface area contributed by atoms with E-state index in [4.69, 9.17) is 16.3 Å². The van der Waals surface area contributed by atoms with Gasteiger partial charge in [-0.2, -0.15) is 0 Å². The number of ether oxygens (including phenoxy) is 1. The smallest absolute Gasteiger partial charge is 0.159 e. The summed E-state index contributed by atoms with van der Waals surface area (Å²) in [4.78, 5) is 0. The van der Waals surface area contributed by atoms with Crippen molar-refractivity contribution in [1.29, 1.82) is 0 Å². The molecule has 0 aliphatic carbocycles. The first-order valence-electron chi connectivity index (χ1n) is 6.04. The van der Waals surface area contributed by atoms with E-state index in [1.54, 1.807) is 6.07 Å². The predicted octanol–water partition coefficient (Wildman–Crippen LogP) is 2.74. The maximum Gasteiger partial charge on any atom is 0.159 e. The Morgan fingerprint density at radius 3 is 2.83 bits per heavy atom. The highest BCUT2D eigenvalue weighted by Crippen LogP contribution is 2.25. The van der Waals surface area contributed by atoms with Crippen LogP contribution in [-0.4, -0.2) is 26.9 Å². The Kier molecular flexibility index (Phi) is 4.30. The molecule has 1 atom stereocenters. The first kappa shape index (κ1) is 13.8. The molecule has 5 heteroatoms. The van der Waals surface area contributed by atoms with Crippen LogP contribution in [0, 0.1) is 6.92 Å². The lowest BCUT2D eigenvalue weighted by molar-refractivity contribution is 0.0991. The molecule has 0 spiro atoms. The van der Waals surface area contributed by atoms with Gasteiger partial charge in [0.1, 0.15) is 0 Å². The second-order valence-corrected chi connectivity index (χ2v) is 7.37. The lowest BCUT2D eigenvalue weighted by Crippen LogP contribution is -2.32. The van der Waals surface area contributed by atoms with E-state index in [9.17, 15) is 8.42 Å².